The van der Waals surface area contributed by atoms with Crippen LogP contribution in [0.1, 0.15) is 73.1 Å². The molecule has 1 aliphatic carbocycles. The lowest BCUT2D eigenvalue weighted by atomic mass is 9.84. The molecule has 1 atom stereocenters. The Morgan fingerprint density at radius 3 is 2.32 bits per heavy atom. The Hall–Kier alpha value is -1.32. The average Bonchev–Trinajstić information content (AvgIpc) is 2.48. The van der Waals surface area contributed by atoms with E-state index in [4.69, 9.17) is 9.47 Å². The molecule has 1 unspecified atom stereocenters. The summed E-state index contributed by atoms with van der Waals surface area (Å²) in [7, 11) is 0. The molecule has 4 nitrogen and oxygen atoms in total. The summed E-state index contributed by atoms with van der Waals surface area (Å²) in [5.41, 5.74) is -1.11. The van der Waals surface area contributed by atoms with Gasteiger partial charge in [-0.15, -0.1) is 0 Å². The molecule has 0 spiro atoms. The van der Waals surface area contributed by atoms with Crippen LogP contribution in [-0.2, 0) is 19.1 Å². The Labute approximate surface area is 134 Å². The Balaban J connectivity index is 2.68. The first-order valence-electron chi connectivity index (χ1n) is 8.34. The number of hydrogen-bond donors (Lipinski definition) is 0. The molecule has 0 aromatic rings. The van der Waals surface area contributed by atoms with E-state index in [1.807, 2.05) is 39.8 Å². The number of carbonyl (C=O) groups is 2. The first-order chi connectivity index (χ1) is 10.3. The SMILES string of the molecule is C/C=C/C1(OC(=O)C(C)OC(=O)C(C)(C)CC)CCCCC1. The van der Waals surface area contributed by atoms with Gasteiger partial charge in [0.05, 0.1) is 5.41 Å². The fraction of sp³-hybridized carbons (Fsp3) is 0.778. The number of ether oxygens (including phenoxy) is 2. The summed E-state index contributed by atoms with van der Waals surface area (Å²) in [5.74, 6) is -0.816. The van der Waals surface area contributed by atoms with Gasteiger partial charge in [-0.25, -0.2) is 4.79 Å². The summed E-state index contributed by atoms with van der Waals surface area (Å²) < 4.78 is 11.0. The predicted molar refractivity (Wildman–Crippen MR) is 86.3 cm³/mol. The summed E-state index contributed by atoms with van der Waals surface area (Å²) in [6.45, 7) is 9.06. The highest BCUT2D eigenvalue weighted by atomic mass is 16.6. The fourth-order valence-electron chi connectivity index (χ4n) is 2.55. The van der Waals surface area contributed by atoms with Crippen molar-refractivity contribution in [3.8, 4) is 0 Å². The molecule has 22 heavy (non-hydrogen) atoms. The minimum atomic E-state index is -0.873. The van der Waals surface area contributed by atoms with E-state index >= 15 is 0 Å². The third-order valence-electron chi connectivity index (χ3n) is 4.53. The second-order valence-corrected chi connectivity index (χ2v) is 6.83. The van der Waals surface area contributed by atoms with Crippen molar-refractivity contribution in [1.29, 1.82) is 0 Å². The van der Waals surface area contributed by atoms with E-state index in [9.17, 15) is 9.59 Å². The van der Waals surface area contributed by atoms with E-state index in [2.05, 4.69) is 0 Å². The topological polar surface area (TPSA) is 52.6 Å². The molecule has 0 aromatic carbocycles. The third kappa shape index (κ3) is 4.85. The van der Waals surface area contributed by atoms with Crippen molar-refractivity contribution < 1.29 is 19.1 Å². The molecule has 0 saturated heterocycles. The van der Waals surface area contributed by atoms with E-state index in [-0.39, 0.29) is 5.97 Å². The van der Waals surface area contributed by atoms with Crippen LogP contribution in [0.5, 0.6) is 0 Å². The van der Waals surface area contributed by atoms with Crippen LogP contribution in [0.15, 0.2) is 12.2 Å². The number of carbonyl (C=O) groups excluding carboxylic acids is 2. The van der Waals surface area contributed by atoms with Gasteiger partial charge in [0.15, 0.2) is 6.10 Å². The smallest absolute Gasteiger partial charge is 0.348 e. The Morgan fingerprint density at radius 1 is 1.23 bits per heavy atom. The van der Waals surface area contributed by atoms with Gasteiger partial charge in [-0.2, -0.15) is 0 Å². The van der Waals surface area contributed by atoms with Gasteiger partial charge in [0, 0.05) is 0 Å². The monoisotopic (exact) mass is 310 g/mol. The quantitative estimate of drug-likeness (QED) is 0.545. The molecular formula is C18H30O4. The second-order valence-electron chi connectivity index (χ2n) is 6.83. The van der Waals surface area contributed by atoms with Crippen LogP contribution < -0.4 is 0 Å². The third-order valence-corrected chi connectivity index (χ3v) is 4.53. The molecule has 0 amide bonds. The molecule has 1 saturated carbocycles. The van der Waals surface area contributed by atoms with Gasteiger partial charge in [-0.3, -0.25) is 4.79 Å². The minimum absolute atomic E-state index is 0.358. The maximum absolute atomic E-state index is 12.3. The number of rotatable bonds is 6. The van der Waals surface area contributed by atoms with Crippen molar-refractivity contribution in [1.82, 2.24) is 0 Å². The van der Waals surface area contributed by atoms with Crippen molar-refractivity contribution in [2.24, 2.45) is 5.41 Å². The van der Waals surface area contributed by atoms with Crippen molar-refractivity contribution in [2.75, 3.05) is 0 Å². The largest absolute Gasteiger partial charge is 0.452 e. The number of hydrogen-bond acceptors (Lipinski definition) is 4. The van der Waals surface area contributed by atoms with Crippen molar-refractivity contribution in [3.63, 3.8) is 0 Å². The van der Waals surface area contributed by atoms with E-state index in [0.717, 1.165) is 25.7 Å². The maximum atomic E-state index is 12.3. The summed E-state index contributed by atoms with van der Waals surface area (Å²) in [6.07, 6.45) is 8.63. The molecule has 1 aliphatic rings. The molecule has 0 aromatic heterocycles. The average molecular weight is 310 g/mol. The van der Waals surface area contributed by atoms with Crippen LogP contribution in [0, 0.1) is 5.41 Å². The van der Waals surface area contributed by atoms with Crippen LogP contribution in [0.4, 0.5) is 0 Å². The zero-order chi connectivity index (χ0) is 16.8. The highest BCUT2D eigenvalue weighted by Gasteiger charge is 2.36. The fourth-order valence-corrected chi connectivity index (χ4v) is 2.55. The van der Waals surface area contributed by atoms with E-state index in [1.54, 1.807) is 6.92 Å². The first kappa shape index (κ1) is 18.7. The van der Waals surface area contributed by atoms with Gasteiger partial charge >= 0.3 is 11.9 Å². The molecule has 0 radical (unpaired) electrons. The molecule has 0 heterocycles. The van der Waals surface area contributed by atoms with Crippen LogP contribution in [0.3, 0.4) is 0 Å². The predicted octanol–water partition coefficient (Wildman–Crippen LogP) is 4.18. The normalized spacial score (nSPS) is 19.7. The number of allylic oxidation sites excluding steroid dienone is 1. The van der Waals surface area contributed by atoms with E-state index in [1.165, 1.54) is 6.42 Å². The van der Waals surface area contributed by atoms with Crippen LogP contribution in [-0.4, -0.2) is 23.6 Å². The molecule has 1 fully saturated rings. The lowest BCUT2D eigenvalue weighted by Gasteiger charge is -2.35. The lowest BCUT2D eigenvalue weighted by molar-refractivity contribution is -0.180. The van der Waals surface area contributed by atoms with Gasteiger partial charge < -0.3 is 9.47 Å². The number of esters is 2. The summed E-state index contributed by atoms with van der Waals surface area (Å²) in [4.78, 5) is 24.4. The van der Waals surface area contributed by atoms with Gasteiger partial charge in [0.2, 0.25) is 0 Å². The second kappa shape index (κ2) is 7.80. The Morgan fingerprint density at radius 2 is 1.82 bits per heavy atom. The molecule has 0 bridgehead atoms. The van der Waals surface area contributed by atoms with Crippen LogP contribution >= 0.6 is 0 Å². The minimum Gasteiger partial charge on any atom is -0.452 e. The van der Waals surface area contributed by atoms with Crippen LogP contribution in [0.25, 0.3) is 0 Å². The maximum Gasteiger partial charge on any atom is 0.348 e. The van der Waals surface area contributed by atoms with Gasteiger partial charge in [0.25, 0.3) is 0 Å². The van der Waals surface area contributed by atoms with Gasteiger partial charge in [-0.1, -0.05) is 19.4 Å². The lowest BCUT2D eigenvalue weighted by Crippen LogP contribution is -2.40. The molecular weight excluding hydrogens is 280 g/mol. The zero-order valence-corrected chi connectivity index (χ0v) is 14.6. The van der Waals surface area contributed by atoms with Gasteiger partial charge in [-0.05, 0) is 65.9 Å². The van der Waals surface area contributed by atoms with Crippen molar-refractivity contribution in [2.45, 2.75) is 84.8 Å². The van der Waals surface area contributed by atoms with Crippen molar-refractivity contribution in [3.05, 3.63) is 12.2 Å². The standard InChI is InChI=1S/C18H30O4/c1-6-11-18(12-9-8-10-13-18)22-15(19)14(3)21-16(20)17(4,5)7-2/h6,11,14H,7-10,12-13H2,1-5H3/b11-6+. The summed E-state index contributed by atoms with van der Waals surface area (Å²) >= 11 is 0. The molecule has 4 heteroatoms. The zero-order valence-electron chi connectivity index (χ0n) is 14.6. The van der Waals surface area contributed by atoms with E-state index < -0.39 is 23.1 Å². The molecule has 1 rings (SSSR count). The molecule has 126 valence electrons. The first-order valence-corrected chi connectivity index (χ1v) is 8.34. The van der Waals surface area contributed by atoms with Crippen molar-refractivity contribution >= 4 is 11.9 Å². The Bertz CT molecular complexity index is 417. The summed E-state index contributed by atoms with van der Waals surface area (Å²) in [5, 5.41) is 0. The summed E-state index contributed by atoms with van der Waals surface area (Å²) in [6, 6.07) is 0. The molecule has 0 aliphatic heterocycles. The van der Waals surface area contributed by atoms with E-state index in [0.29, 0.717) is 6.42 Å². The highest BCUT2D eigenvalue weighted by Crippen LogP contribution is 2.33. The molecule has 0 N–H and O–H groups in total. The Kier molecular flexibility index (Phi) is 6.64. The van der Waals surface area contributed by atoms with Gasteiger partial charge in [0.1, 0.15) is 5.60 Å². The highest BCUT2D eigenvalue weighted by molar-refractivity contribution is 5.81. The van der Waals surface area contributed by atoms with Crippen LogP contribution in [0.2, 0.25) is 0 Å².